The quantitative estimate of drug-likeness (QED) is 0.755. The van der Waals surface area contributed by atoms with Crippen molar-refractivity contribution in [2.45, 2.75) is 12.8 Å². The van der Waals surface area contributed by atoms with Crippen molar-refractivity contribution >= 4 is 17.5 Å². The van der Waals surface area contributed by atoms with Gasteiger partial charge in [-0.3, -0.25) is 14.6 Å². The van der Waals surface area contributed by atoms with Crippen LogP contribution in [0.4, 0.5) is 5.69 Å². The van der Waals surface area contributed by atoms with Gasteiger partial charge in [-0.2, -0.15) is 0 Å². The van der Waals surface area contributed by atoms with Gasteiger partial charge < -0.3 is 14.7 Å². The molecule has 4 rings (SSSR count). The van der Waals surface area contributed by atoms with E-state index in [0.29, 0.717) is 18.8 Å². The molecule has 1 atom stereocenters. The van der Waals surface area contributed by atoms with Crippen molar-refractivity contribution in [3.8, 4) is 11.3 Å². The second-order valence-electron chi connectivity index (χ2n) is 6.76. The summed E-state index contributed by atoms with van der Waals surface area (Å²) in [5.74, 6) is -0.0505. The highest BCUT2D eigenvalue weighted by molar-refractivity contribution is 5.95. The molecule has 0 bridgehead atoms. The van der Waals surface area contributed by atoms with Gasteiger partial charge in [0.2, 0.25) is 5.91 Å². The molecule has 28 heavy (non-hydrogen) atoms. The molecule has 1 aromatic carbocycles. The van der Waals surface area contributed by atoms with Crippen LogP contribution in [0.3, 0.4) is 0 Å². The van der Waals surface area contributed by atoms with E-state index in [1.54, 1.807) is 29.4 Å². The van der Waals surface area contributed by atoms with Gasteiger partial charge in [-0.15, -0.1) is 0 Å². The van der Waals surface area contributed by atoms with Crippen LogP contribution in [0.25, 0.3) is 11.3 Å². The summed E-state index contributed by atoms with van der Waals surface area (Å²) in [5.41, 5.74) is 1.75. The molecule has 2 aromatic heterocycles. The molecule has 7 heteroatoms. The number of hydrogen-bond acceptors (Lipinski definition) is 5. The zero-order valence-corrected chi connectivity index (χ0v) is 15.2. The fourth-order valence-corrected chi connectivity index (χ4v) is 3.32. The summed E-state index contributed by atoms with van der Waals surface area (Å²) in [6.07, 6.45) is 4.84. The first-order valence-corrected chi connectivity index (χ1v) is 9.23. The van der Waals surface area contributed by atoms with Crippen molar-refractivity contribution in [1.82, 2.24) is 15.0 Å². The second kappa shape index (κ2) is 8.04. The van der Waals surface area contributed by atoms with Crippen molar-refractivity contribution in [3.63, 3.8) is 0 Å². The minimum absolute atomic E-state index is 0.0695. The first-order valence-electron chi connectivity index (χ1n) is 9.23. The Balaban J connectivity index is 1.42. The summed E-state index contributed by atoms with van der Waals surface area (Å²) >= 11 is 0. The molecule has 3 heterocycles. The van der Waals surface area contributed by atoms with E-state index in [1.807, 2.05) is 36.4 Å². The Bertz CT molecular complexity index is 956. The molecule has 1 aliphatic rings. The molecule has 0 unspecified atom stereocenters. The lowest BCUT2D eigenvalue weighted by Gasteiger charge is -2.31. The molecule has 1 fully saturated rings. The summed E-state index contributed by atoms with van der Waals surface area (Å²) in [6, 6.07) is 14.6. The average Bonchev–Trinajstić information content (AvgIpc) is 3.25. The number of rotatable bonds is 4. The van der Waals surface area contributed by atoms with Crippen molar-refractivity contribution < 1.29 is 14.1 Å². The van der Waals surface area contributed by atoms with Crippen LogP contribution >= 0.6 is 0 Å². The number of hydrogen-bond donors (Lipinski definition) is 1. The molecule has 2 amide bonds. The lowest BCUT2D eigenvalue weighted by atomic mass is 9.96. The maximum absolute atomic E-state index is 12.8. The molecule has 3 aromatic rings. The number of nitrogens with one attached hydrogen (secondary N) is 1. The molecule has 1 saturated heterocycles. The largest absolute Gasteiger partial charge is 0.355 e. The van der Waals surface area contributed by atoms with E-state index < -0.39 is 0 Å². The number of benzene rings is 1. The number of nitrogens with zero attached hydrogens (tertiary/aromatic N) is 3. The molecule has 1 N–H and O–H groups in total. The van der Waals surface area contributed by atoms with Crippen molar-refractivity contribution in [2.75, 3.05) is 18.4 Å². The highest BCUT2D eigenvalue weighted by Gasteiger charge is 2.30. The van der Waals surface area contributed by atoms with E-state index in [-0.39, 0.29) is 23.4 Å². The van der Waals surface area contributed by atoms with Crippen molar-refractivity contribution in [1.29, 1.82) is 0 Å². The van der Waals surface area contributed by atoms with Crippen molar-refractivity contribution in [2.24, 2.45) is 5.92 Å². The molecule has 1 aliphatic heterocycles. The summed E-state index contributed by atoms with van der Waals surface area (Å²) in [6.45, 7) is 0.968. The smallest absolute Gasteiger partial charge is 0.276 e. The second-order valence-corrected chi connectivity index (χ2v) is 6.76. The van der Waals surface area contributed by atoms with Crippen LogP contribution in [0.2, 0.25) is 0 Å². The third-order valence-electron chi connectivity index (χ3n) is 4.80. The monoisotopic (exact) mass is 376 g/mol. The van der Waals surface area contributed by atoms with E-state index >= 15 is 0 Å². The highest BCUT2D eigenvalue weighted by Crippen LogP contribution is 2.23. The summed E-state index contributed by atoms with van der Waals surface area (Å²) in [7, 11) is 0. The Hall–Kier alpha value is -3.48. The van der Waals surface area contributed by atoms with Gasteiger partial charge in [0, 0.05) is 42.8 Å². The van der Waals surface area contributed by atoms with E-state index in [0.717, 1.165) is 24.1 Å². The number of likely N-dealkylation sites (tertiary alicyclic amines) is 1. The zero-order chi connectivity index (χ0) is 19.3. The molecule has 0 radical (unpaired) electrons. The zero-order valence-electron chi connectivity index (χ0n) is 15.2. The van der Waals surface area contributed by atoms with Crippen LogP contribution in [0.1, 0.15) is 23.3 Å². The predicted molar refractivity (Wildman–Crippen MR) is 103 cm³/mol. The lowest BCUT2D eigenvalue weighted by Crippen LogP contribution is -2.43. The molecule has 0 spiro atoms. The van der Waals surface area contributed by atoms with Crippen LogP contribution in [-0.4, -0.2) is 39.9 Å². The number of piperidine rings is 1. The van der Waals surface area contributed by atoms with Gasteiger partial charge in [0.1, 0.15) is 0 Å². The first kappa shape index (κ1) is 17.9. The number of aromatic nitrogens is 2. The average molecular weight is 376 g/mol. The van der Waals surface area contributed by atoms with E-state index in [1.165, 1.54) is 0 Å². The Morgan fingerprint density at radius 3 is 2.79 bits per heavy atom. The number of carbonyl (C=O) groups excluding carboxylic acids is 2. The molecular weight excluding hydrogens is 356 g/mol. The van der Waals surface area contributed by atoms with Crippen molar-refractivity contribution in [3.05, 3.63) is 66.6 Å². The maximum Gasteiger partial charge on any atom is 0.276 e. The van der Waals surface area contributed by atoms with E-state index in [4.69, 9.17) is 4.52 Å². The van der Waals surface area contributed by atoms with Gasteiger partial charge in [-0.05, 0) is 37.1 Å². The van der Waals surface area contributed by atoms with Crippen LogP contribution in [0.5, 0.6) is 0 Å². The third-order valence-corrected chi connectivity index (χ3v) is 4.80. The maximum atomic E-state index is 12.8. The Morgan fingerprint density at radius 1 is 1.14 bits per heavy atom. The Kier molecular flexibility index (Phi) is 5.14. The van der Waals surface area contributed by atoms with E-state index in [9.17, 15) is 9.59 Å². The minimum Gasteiger partial charge on any atom is -0.355 e. The van der Waals surface area contributed by atoms with Crippen LogP contribution < -0.4 is 5.32 Å². The van der Waals surface area contributed by atoms with Crippen LogP contribution in [0, 0.1) is 5.92 Å². The van der Waals surface area contributed by atoms with Gasteiger partial charge in [-0.25, -0.2) is 0 Å². The SMILES string of the molecule is O=C(Nc1ccccc1)[C@@H]1CCCN(C(=O)c2cc(-c3cccnc3)on2)C1. The van der Waals surface area contributed by atoms with Crippen LogP contribution in [-0.2, 0) is 4.79 Å². The Morgan fingerprint density at radius 2 is 2.00 bits per heavy atom. The molecular formula is C21H20N4O3. The minimum atomic E-state index is -0.248. The first-order chi connectivity index (χ1) is 13.7. The van der Waals surface area contributed by atoms with Gasteiger partial charge in [0.05, 0.1) is 5.92 Å². The number of carbonyl (C=O) groups is 2. The number of amides is 2. The predicted octanol–water partition coefficient (Wildman–Crippen LogP) is 3.23. The molecule has 7 nitrogen and oxygen atoms in total. The molecule has 142 valence electrons. The summed E-state index contributed by atoms with van der Waals surface area (Å²) in [5, 5.41) is 6.83. The van der Waals surface area contributed by atoms with E-state index in [2.05, 4.69) is 15.5 Å². The van der Waals surface area contributed by atoms with Gasteiger partial charge in [0.25, 0.3) is 5.91 Å². The molecule has 0 aliphatic carbocycles. The van der Waals surface area contributed by atoms with Gasteiger partial charge in [0.15, 0.2) is 11.5 Å². The standard InChI is InChI=1S/C21H20N4O3/c26-20(23-17-8-2-1-3-9-17)16-7-5-11-25(14-16)21(27)18-12-19(28-24-18)15-6-4-10-22-13-15/h1-4,6,8-10,12-13,16H,5,7,11,14H2,(H,23,26)/t16-/m1/s1. The normalized spacial score (nSPS) is 16.6. The number of pyridine rings is 1. The number of anilines is 1. The number of para-hydroxylation sites is 1. The topological polar surface area (TPSA) is 88.3 Å². The van der Waals surface area contributed by atoms with Crippen LogP contribution in [0.15, 0.2) is 65.4 Å². The fraction of sp³-hybridized carbons (Fsp3) is 0.238. The van der Waals surface area contributed by atoms with Gasteiger partial charge in [-0.1, -0.05) is 23.4 Å². The Labute approximate surface area is 162 Å². The van der Waals surface area contributed by atoms with Gasteiger partial charge >= 0.3 is 0 Å². The lowest BCUT2D eigenvalue weighted by molar-refractivity contribution is -0.121. The third kappa shape index (κ3) is 3.93. The fourth-order valence-electron chi connectivity index (χ4n) is 3.32. The summed E-state index contributed by atoms with van der Waals surface area (Å²) < 4.78 is 5.30. The highest BCUT2D eigenvalue weighted by atomic mass is 16.5. The molecule has 0 saturated carbocycles. The summed E-state index contributed by atoms with van der Waals surface area (Å²) in [4.78, 5) is 31.1.